The lowest BCUT2D eigenvalue weighted by Crippen LogP contribution is -2.40. The number of carbonyl (C=O) groups excluding carboxylic acids is 1. The van der Waals surface area contributed by atoms with Gasteiger partial charge in [0.1, 0.15) is 0 Å². The molecule has 1 fully saturated rings. The summed E-state index contributed by atoms with van der Waals surface area (Å²) in [6, 6.07) is 14.6. The zero-order chi connectivity index (χ0) is 20.7. The van der Waals surface area contributed by atoms with Crippen molar-refractivity contribution in [3.63, 3.8) is 0 Å². The number of aryl methyl sites for hydroxylation is 1. The standard InChI is InChI=1S/C25H27N3O2/c1-2-18-14-20-16-27(23-5-3-6-24(23)29)25(30)22(20)15-19(18)13-17-7-9-21(10-8-17)28-12-4-11-26-28/h4,7-12,14-15,23-24,29H,2-3,5-6,13,16H2,1H3. The molecule has 1 amide bonds. The highest BCUT2D eigenvalue weighted by Gasteiger charge is 2.38. The molecule has 1 aliphatic heterocycles. The van der Waals surface area contributed by atoms with Crippen LogP contribution in [0.4, 0.5) is 0 Å². The first-order valence-corrected chi connectivity index (χ1v) is 10.9. The van der Waals surface area contributed by atoms with Crippen LogP contribution < -0.4 is 0 Å². The lowest BCUT2D eigenvalue weighted by atomic mass is 9.93. The molecule has 2 aromatic carbocycles. The number of hydrogen-bond acceptors (Lipinski definition) is 3. The SMILES string of the molecule is CCc1cc2c(cc1Cc1ccc(-n3cccn3)cc1)C(=O)N(C1CCCC1O)C2. The van der Waals surface area contributed by atoms with E-state index in [9.17, 15) is 9.90 Å². The first-order valence-electron chi connectivity index (χ1n) is 10.9. The van der Waals surface area contributed by atoms with Crippen LogP contribution in [-0.2, 0) is 19.4 Å². The summed E-state index contributed by atoms with van der Waals surface area (Å²) < 4.78 is 1.85. The van der Waals surface area contributed by atoms with Gasteiger partial charge < -0.3 is 10.0 Å². The average Bonchev–Trinajstić information content (AvgIpc) is 3.50. The summed E-state index contributed by atoms with van der Waals surface area (Å²) in [6.45, 7) is 2.79. The number of aliphatic hydroxyl groups excluding tert-OH is 1. The van der Waals surface area contributed by atoms with Crippen LogP contribution in [0.25, 0.3) is 5.69 Å². The van der Waals surface area contributed by atoms with E-state index in [4.69, 9.17) is 0 Å². The molecular weight excluding hydrogens is 374 g/mol. The Kier molecular flexibility index (Phi) is 4.91. The summed E-state index contributed by atoms with van der Waals surface area (Å²) in [6.07, 6.45) is 7.75. The van der Waals surface area contributed by atoms with Gasteiger partial charge in [0.15, 0.2) is 0 Å². The molecule has 0 spiro atoms. The number of benzene rings is 2. The molecule has 1 aromatic heterocycles. The topological polar surface area (TPSA) is 58.4 Å². The smallest absolute Gasteiger partial charge is 0.254 e. The van der Waals surface area contributed by atoms with E-state index in [1.165, 1.54) is 16.7 Å². The average molecular weight is 402 g/mol. The van der Waals surface area contributed by atoms with Gasteiger partial charge in [0.2, 0.25) is 0 Å². The third-order valence-electron chi connectivity index (χ3n) is 6.58. The first kappa shape index (κ1) is 19.1. The minimum Gasteiger partial charge on any atom is -0.391 e. The van der Waals surface area contributed by atoms with Crippen LogP contribution in [0.2, 0.25) is 0 Å². The molecule has 1 saturated carbocycles. The highest BCUT2D eigenvalue weighted by molar-refractivity contribution is 5.99. The molecule has 154 valence electrons. The molecule has 5 nitrogen and oxygen atoms in total. The third-order valence-corrected chi connectivity index (χ3v) is 6.58. The molecule has 0 bridgehead atoms. The number of rotatable bonds is 5. The van der Waals surface area contributed by atoms with Crippen molar-refractivity contribution in [2.45, 2.75) is 57.7 Å². The van der Waals surface area contributed by atoms with Gasteiger partial charge in [-0.3, -0.25) is 4.79 Å². The van der Waals surface area contributed by atoms with E-state index in [0.717, 1.165) is 48.9 Å². The van der Waals surface area contributed by atoms with Crippen LogP contribution in [0.15, 0.2) is 54.9 Å². The Hall–Kier alpha value is -2.92. The van der Waals surface area contributed by atoms with Crippen LogP contribution in [0.3, 0.4) is 0 Å². The van der Waals surface area contributed by atoms with Crippen molar-refractivity contribution in [2.24, 2.45) is 0 Å². The molecule has 2 unspecified atom stereocenters. The number of aromatic nitrogens is 2. The Morgan fingerprint density at radius 2 is 1.97 bits per heavy atom. The summed E-state index contributed by atoms with van der Waals surface area (Å²) >= 11 is 0. The van der Waals surface area contributed by atoms with Crippen molar-refractivity contribution >= 4 is 5.91 Å². The van der Waals surface area contributed by atoms with Crippen molar-refractivity contribution in [1.29, 1.82) is 0 Å². The molecule has 30 heavy (non-hydrogen) atoms. The van der Waals surface area contributed by atoms with Crippen molar-refractivity contribution in [3.05, 3.63) is 82.7 Å². The lowest BCUT2D eigenvalue weighted by Gasteiger charge is -2.26. The van der Waals surface area contributed by atoms with Gasteiger partial charge >= 0.3 is 0 Å². The maximum Gasteiger partial charge on any atom is 0.254 e. The van der Waals surface area contributed by atoms with E-state index in [1.54, 1.807) is 6.20 Å². The second kappa shape index (κ2) is 7.73. The summed E-state index contributed by atoms with van der Waals surface area (Å²) in [4.78, 5) is 15.0. The maximum atomic E-state index is 13.1. The fraction of sp³-hybridized carbons (Fsp3) is 0.360. The second-order valence-corrected chi connectivity index (χ2v) is 8.42. The Morgan fingerprint density at radius 1 is 1.13 bits per heavy atom. The number of amides is 1. The molecule has 0 saturated heterocycles. The molecule has 5 heteroatoms. The molecule has 5 rings (SSSR count). The Labute approximate surface area is 177 Å². The summed E-state index contributed by atoms with van der Waals surface area (Å²) in [7, 11) is 0. The monoisotopic (exact) mass is 401 g/mol. The molecule has 3 aromatic rings. The van der Waals surface area contributed by atoms with Gasteiger partial charge in [-0.2, -0.15) is 5.10 Å². The second-order valence-electron chi connectivity index (χ2n) is 8.42. The molecule has 0 radical (unpaired) electrons. The van der Waals surface area contributed by atoms with Crippen LogP contribution in [0, 0.1) is 0 Å². The number of aliphatic hydroxyl groups is 1. The van der Waals surface area contributed by atoms with E-state index in [0.29, 0.717) is 6.54 Å². The Morgan fingerprint density at radius 3 is 2.63 bits per heavy atom. The highest BCUT2D eigenvalue weighted by atomic mass is 16.3. The van der Waals surface area contributed by atoms with Crippen LogP contribution in [0.5, 0.6) is 0 Å². The largest absolute Gasteiger partial charge is 0.391 e. The predicted molar refractivity (Wildman–Crippen MR) is 116 cm³/mol. The quantitative estimate of drug-likeness (QED) is 0.706. The molecule has 1 aliphatic carbocycles. The van der Waals surface area contributed by atoms with Gasteiger partial charge in [0.05, 0.1) is 17.8 Å². The van der Waals surface area contributed by atoms with Gasteiger partial charge in [0.25, 0.3) is 5.91 Å². The zero-order valence-corrected chi connectivity index (χ0v) is 17.3. The van der Waals surface area contributed by atoms with Crippen molar-refractivity contribution in [1.82, 2.24) is 14.7 Å². The van der Waals surface area contributed by atoms with Gasteiger partial charge in [-0.15, -0.1) is 0 Å². The molecule has 2 atom stereocenters. The van der Waals surface area contributed by atoms with Gasteiger partial charge in [-0.1, -0.05) is 25.1 Å². The normalized spacial score (nSPS) is 20.7. The predicted octanol–water partition coefficient (Wildman–Crippen LogP) is 3.89. The van der Waals surface area contributed by atoms with Gasteiger partial charge in [-0.25, -0.2) is 4.68 Å². The fourth-order valence-electron chi connectivity index (χ4n) is 4.93. The fourth-order valence-corrected chi connectivity index (χ4v) is 4.93. The Balaban J connectivity index is 1.40. The van der Waals surface area contributed by atoms with Crippen molar-refractivity contribution in [2.75, 3.05) is 0 Å². The lowest BCUT2D eigenvalue weighted by molar-refractivity contribution is 0.0479. The summed E-state index contributed by atoms with van der Waals surface area (Å²) in [5.41, 5.74) is 6.68. The third kappa shape index (κ3) is 3.33. The zero-order valence-electron chi connectivity index (χ0n) is 17.3. The van der Waals surface area contributed by atoms with E-state index >= 15 is 0 Å². The number of fused-ring (bicyclic) bond motifs is 1. The van der Waals surface area contributed by atoms with Gasteiger partial charge in [-0.05, 0) is 78.6 Å². The molecular formula is C25H27N3O2. The Bertz CT molecular complexity index is 1060. The van der Waals surface area contributed by atoms with Crippen LogP contribution >= 0.6 is 0 Å². The summed E-state index contributed by atoms with van der Waals surface area (Å²) in [5.74, 6) is 0.0777. The highest BCUT2D eigenvalue weighted by Crippen LogP contribution is 2.34. The number of hydrogen-bond donors (Lipinski definition) is 1. The maximum absolute atomic E-state index is 13.1. The number of nitrogens with zero attached hydrogens (tertiary/aromatic N) is 3. The van der Waals surface area contributed by atoms with E-state index in [1.807, 2.05) is 21.8 Å². The van der Waals surface area contributed by atoms with E-state index in [-0.39, 0.29) is 18.1 Å². The van der Waals surface area contributed by atoms with E-state index < -0.39 is 0 Å². The van der Waals surface area contributed by atoms with Crippen molar-refractivity contribution < 1.29 is 9.90 Å². The summed E-state index contributed by atoms with van der Waals surface area (Å²) in [5, 5.41) is 14.6. The van der Waals surface area contributed by atoms with Crippen molar-refractivity contribution in [3.8, 4) is 5.69 Å². The minimum absolute atomic E-state index is 0.0340. The van der Waals surface area contributed by atoms with E-state index in [2.05, 4.69) is 48.4 Å². The first-order chi connectivity index (χ1) is 14.6. The minimum atomic E-state index is -0.387. The van der Waals surface area contributed by atoms with Crippen LogP contribution in [0.1, 0.15) is 58.8 Å². The van der Waals surface area contributed by atoms with Gasteiger partial charge in [0, 0.05) is 24.5 Å². The molecule has 1 N–H and O–H groups in total. The molecule has 2 aliphatic rings. The molecule has 2 heterocycles. The van der Waals surface area contributed by atoms with Crippen LogP contribution in [-0.4, -0.2) is 37.8 Å². The number of carbonyl (C=O) groups is 1.